The first-order valence-electron chi connectivity index (χ1n) is 5.99. The van der Waals surface area contributed by atoms with Crippen LogP contribution < -0.4 is 11.2 Å². The average Bonchev–Trinajstić information content (AvgIpc) is 3.17. The van der Waals surface area contributed by atoms with Crippen molar-refractivity contribution in [2.45, 2.75) is 0 Å². The van der Waals surface area contributed by atoms with Gasteiger partial charge in [-0.2, -0.15) is 9.78 Å². The van der Waals surface area contributed by atoms with E-state index in [1.165, 1.54) is 17.1 Å². The fourth-order valence-corrected chi connectivity index (χ4v) is 1.49. The number of nitrogens with zero attached hydrogens (tertiary/aromatic N) is 7. The molecular formula is C11H9N9O2. The molecule has 22 heavy (non-hydrogen) atoms. The summed E-state index contributed by atoms with van der Waals surface area (Å²) in [6, 6.07) is 5.32. The molecular weight excluding hydrogens is 290 g/mol. The summed E-state index contributed by atoms with van der Waals surface area (Å²) >= 11 is 0. The first-order valence-corrected chi connectivity index (χ1v) is 5.99. The predicted molar refractivity (Wildman–Crippen MR) is 72.9 cm³/mol. The molecule has 0 bridgehead atoms. The van der Waals surface area contributed by atoms with E-state index in [-0.39, 0.29) is 17.3 Å². The molecule has 0 spiro atoms. The molecule has 3 N–H and O–H groups in total. The molecule has 1 amide bonds. The number of nitrogen functional groups attached to an aromatic ring is 1. The number of aromatic nitrogens is 6. The van der Waals surface area contributed by atoms with Crippen LogP contribution in [0.25, 0.3) is 5.82 Å². The van der Waals surface area contributed by atoms with Crippen LogP contribution in [-0.4, -0.2) is 42.4 Å². The summed E-state index contributed by atoms with van der Waals surface area (Å²) < 4.78 is 5.61. The average molecular weight is 299 g/mol. The highest BCUT2D eigenvalue weighted by molar-refractivity contribution is 5.92. The monoisotopic (exact) mass is 299 g/mol. The lowest BCUT2D eigenvalue weighted by Gasteiger charge is -1.94. The molecule has 0 atom stereocenters. The van der Waals surface area contributed by atoms with Crippen molar-refractivity contribution in [3.8, 4) is 5.82 Å². The van der Waals surface area contributed by atoms with Gasteiger partial charge < -0.3 is 5.73 Å². The molecule has 11 nitrogen and oxygen atoms in total. The molecule has 3 heterocycles. The standard InChI is InChI=1S/C11H9N9O2/c12-9-10(18-22-17-9)20-6-8(15-19-20)11(21)16-14-5-7-3-1-2-4-13-7/h1-6H,(H2,12,17)(H,16,21)/b14-5+. The summed E-state index contributed by atoms with van der Waals surface area (Å²) in [5, 5.41) is 18.1. The Kier molecular flexibility index (Phi) is 3.51. The number of hydrogen-bond acceptors (Lipinski definition) is 9. The van der Waals surface area contributed by atoms with Crippen LogP contribution >= 0.6 is 0 Å². The Morgan fingerprint density at radius 1 is 1.41 bits per heavy atom. The van der Waals surface area contributed by atoms with Gasteiger partial charge in [-0.1, -0.05) is 11.3 Å². The fourth-order valence-electron chi connectivity index (χ4n) is 1.49. The molecule has 0 aliphatic heterocycles. The molecule has 0 saturated carbocycles. The Balaban J connectivity index is 1.67. The third kappa shape index (κ3) is 2.77. The molecule has 11 heteroatoms. The van der Waals surface area contributed by atoms with Gasteiger partial charge in [-0.3, -0.25) is 9.78 Å². The SMILES string of the molecule is Nc1nonc1-n1cc(C(=O)N/N=C/c2ccccn2)nn1. The van der Waals surface area contributed by atoms with Gasteiger partial charge in [0.2, 0.25) is 11.6 Å². The molecule has 0 aliphatic rings. The smallest absolute Gasteiger partial charge is 0.293 e. The van der Waals surface area contributed by atoms with Gasteiger partial charge in [0.05, 0.1) is 18.1 Å². The number of carbonyl (C=O) groups is 1. The van der Waals surface area contributed by atoms with E-state index in [0.717, 1.165) is 0 Å². The predicted octanol–water partition coefficient (Wildman–Crippen LogP) is -0.609. The fraction of sp³-hybridized carbons (Fsp3) is 0. The number of carbonyl (C=O) groups excluding carboxylic acids is 1. The van der Waals surface area contributed by atoms with Crippen molar-refractivity contribution in [3.05, 3.63) is 42.0 Å². The van der Waals surface area contributed by atoms with Crippen molar-refractivity contribution in [1.29, 1.82) is 0 Å². The van der Waals surface area contributed by atoms with Crippen LogP contribution in [-0.2, 0) is 0 Å². The Bertz CT molecular complexity index is 808. The number of nitrogens with two attached hydrogens (primary N) is 1. The number of hydrogen-bond donors (Lipinski definition) is 2. The number of amides is 1. The Morgan fingerprint density at radius 3 is 3.05 bits per heavy atom. The van der Waals surface area contributed by atoms with E-state index in [1.54, 1.807) is 24.4 Å². The second-order valence-electron chi connectivity index (χ2n) is 3.98. The van der Waals surface area contributed by atoms with Crippen LogP contribution in [0.3, 0.4) is 0 Å². The summed E-state index contributed by atoms with van der Waals surface area (Å²) in [5.41, 5.74) is 8.45. The van der Waals surface area contributed by atoms with E-state index in [0.29, 0.717) is 5.69 Å². The maximum atomic E-state index is 11.9. The summed E-state index contributed by atoms with van der Waals surface area (Å²) in [4.78, 5) is 15.9. The molecule has 3 rings (SSSR count). The van der Waals surface area contributed by atoms with Crippen molar-refractivity contribution >= 4 is 17.9 Å². The molecule has 110 valence electrons. The van der Waals surface area contributed by atoms with Crippen LogP contribution in [0.5, 0.6) is 0 Å². The number of nitrogens with one attached hydrogen (secondary N) is 1. The van der Waals surface area contributed by atoms with E-state index in [4.69, 9.17) is 5.73 Å². The first-order chi connectivity index (χ1) is 10.7. The second-order valence-corrected chi connectivity index (χ2v) is 3.98. The Morgan fingerprint density at radius 2 is 2.32 bits per heavy atom. The van der Waals surface area contributed by atoms with Gasteiger partial charge >= 0.3 is 0 Å². The van der Waals surface area contributed by atoms with Gasteiger partial charge in [0.25, 0.3) is 5.91 Å². The summed E-state index contributed by atoms with van der Waals surface area (Å²) in [7, 11) is 0. The maximum Gasteiger partial charge on any atom is 0.293 e. The van der Waals surface area contributed by atoms with Crippen molar-refractivity contribution in [2.75, 3.05) is 5.73 Å². The Labute approximate surface area is 122 Å². The molecule has 3 aromatic rings. The van der Waals surface area contributed by atoms with Crippen LogP contribution in [0, 0.1) is 0 Å². The lowest BCUT2D eigenvalue weighted by Crippen LogP contribution is -2.18. The van der Waals surface area contributed by atoms with Crippen LogP contribution in [0.2, 0.25) is 0 Å². The van der Waals surface area contributed by atoms with Crippen molar-refractivity contribution in [2.24, 2.45) is 5.10 Å². The maximum absolute atomic E-state index is 11.9. The van der Waals surface area contributed by atoms with Gasteiger partial charge in [0, 0.05) is 6.20 Å². The number of pyridine rings is 1. The highest BCUT2D eigenvalue weighted by Crippen LogP contribution is 2.09. The van der Waals surface area contributed by atoms with E-state index >= 15 is 0 Å². The zero-order valence-corrected chi connectivity index (χ0v) is 11.0. The zero-order valence-electron chi connectivity index (χ0n) is 11.0. The van der Waals surface area contributed by atoms with Crippen LogP contribution in [0.1, 0.15) is 16.2 Å². The largest absolute Gasteiger partial charge is 0.378 e. The molecule has 0 radical (unpaired) electrons. The summed E-state index contributed by atoms with van der Waals surface area (Å²) in [6.07, 6.45) is 4.34. The summed E-state index contributed by atoms with van der Waals surface area (Å²) in [6.45, 7) is 0. The highest BCUT2D eigenvalue weighted by Gasteiger charge is 2.15. The molecule has 0 fully saturated rings. The third-order valence-corrected chi connectivity index (χ3v) is 2.49. The van der Waals surface area contributed by atoms with Gasteiger partial charge in [0.1, 0.15) is 0 Å². The van der Waals surface area contributed by atoms with Gasteiger partial charge in [-0.05, 0) is 22.4 Å². The summed E-state index contributed by atoms with van der Waals surface area (Å²) in [5.74, 6) is -0.373. The minimum Gasteiger partial charge on any atom is -0.378 e. The van der Waals surface area contributed by atoms with E-state index in [9.17, 15) is 4.79 Å². The molecule has 0 aromatic carbocycles. The minimum atomic E-state index is -0.548. The number of rotatable bonds is 4. The first kappa shape index (κ1) is 13.4. The van der Waals surface area contributed by atoms with Crippen molar-refractivity contribution < 1.29 is 9.42 Å². The van der Waals surface area contributed by atoms with Gasteiger partial charge in [0.15, 0.2) is 5.69 Å². The van der Waals surface area contributed by atoms with Crippen molar-refractivity contribution in [3.63, 3.8) is 0 Å². The minimum absolute atomic E-state index is 0.0283. The normalized spacial score (nSPS) is 10.9. The van der Waals surface area contributed by atoms with Crippen LogP contribution in [0.4, 0.5) is 5.82 Å². The lowest BCUT2D eigenvalue weighted by atomic mass is 10.4. The third-order valence-electron chi connectivity index (χ3n) is 2.49. The van der Waals surface area contributed by atoms with Gasteiger partial charge in [-0.25, -0.2) is 10.1 Å². The van der Waals surface area contributed by atoms with Crippen molar-refractivity contribution in [1.82, 2.24) is 35.7 Å². The zero-order chi connectivity index (χ0) is 15.4. The second kappa shape index (κ2) is 5.78. The van der Waals surface area contributed by atoms with E-state index in [2.05, 4.69) is 40.8 Å². The quantitative estimate of drug-likeness (QED) is 0.478. The molecule has 0 aliphatic carbocycles. The van der Waals surface area contributed by atoms with E-state index < -0.39 is 5.91 Å². The van der Waals surface area contributed by atoms with E-state index in [1.807, 2.05) is 0 Å². The molecule has 0 unspecified atom stereocenters. The highest BCUT2D eigenvalue weighted by atomic mass is 16.6. The Hall–Kier alpha value is -3.63. The lowest BCUT2D eigenvalue weighted by molar-refractivity contribution is 0.0950. The van der Waals surface area contributed by atoms with Crippen LogP contribution in [0.15, 0.2) is 40.3 Å². The molecule has 0 saturated heterocycles. The molecule has 3 aromatic heterocycles. The topological polar surface area (TPSA) is 150 Å². The number of anilines is 1. The van der Waals surface area contributed by atoms with Gasteiger partial charge in [-0.15, -0.1) is 5.10 Å². The number of hydrazone groups is 1.